The Morgan fingerprint density at radius 3 is 2.48 bits per heavy atom. The van der Waals surface area contributed by atoms with Crippen molar-refractivity contribution in [2.75, 3.05) is 18.8 Å². The minimum absolute atomic E-state index is 0. The molecule has 0 radical (unpaired) electrons. The molecular formula is C19H18Cl4N5O3-. The van der Waals surface area contributed by atoms with E-state index in [0.717, 1.165) is 11.1 Å². The number of hydrogen-bond acceptors (Lipinski definition) is 7. The average Bonchev–Trinajstić information content (AvgIpc) is 3.14. The minimum Gasteiger partial charge on any atom is -1.00 e. The molecule has 3 aromatic rings. The van der Waals surface area contributed by atoms with E-state index in [1.54, 1.807) is 24.3 Å². The average molecular weight is 506 g/mol. The number of carbonyl (C=O) groups excluding carboxylic acids is 1. The van der Waals surface area contributed by atoms with Crippen LogP contribution in [0.5, 0.6) is 5.75 Å². The third-order valence-electron chi connectivity index (χ3n) is 4.05. The van der Waals surface area contributed by atoms with Crippen molar-refractivity contribution in [2.45, 2.75) is 13.2 Å². The van der Waals surface area contributed by atoms with E-state index >= 15 is 0 Å². The lowest BCUT2D eigenvalue weighted by Gasteiger charge is -2.14. The number of hydrogen-bond donors (Lipinski definition) is 3. The largest absolute Gasteiger partial charge is 1.00 e. The van der Waals surface area contributed by atoms with Crippen molar-refractivity contribution < 1.29 is 26.6 Å². The van der Waals surface area contributed by atoms with Gasteiger partial charge in [-0.1, -0.05) is 40.9 Å². The molecule has 0 aliphatic rings. The van der Waals surface area contributed by atoms with E-state index in [1.807, 2.05) is 12.1 Å². The fourth-order valence-electron chi connectivity index (χ4n) is 2.55. The first-order chi connectivity index (χ1) is 14.4. The zero-order valence-electron chi connectivity index (χ0n) is 16.0. The fraction of sp³-hybridized carbons (Fsp3) is 0.211. The van der Waals surface area contributed by atoms with Gasteiger partial charge in [0.05, 0.1) is 0 Å². The molecule has 4 N–H and O–H groups in total. The van der Waals surface area contributed by atoms with Gasteiger partial charge in [0.25, 0.3) is 5.91 Å². The van der Waals surface area contributed by atoms with Gasteiger partial charge in [-0.2, -0.15) is 0 Å². The number of carbonyl (C=O) groups is 1. The van der Waals surface area contributed by atoms with E-state index < -0.39 is 5.91 Å². The predicted octanol–water partition coefficient (Wildman–Crippen LogP) is 0.715. The number of nitrogens with one attached hydrogen (secondary N) is 2. The molecule has 0 aliphatic heterocycles. The fourth-order valence-corrected chi connectivity index (χ4v) is 3.20. The summed E-state index contributed by atoms with van der Waals surface area (Å²) in [7, 11) is 0. The summed E-state index contributed by atoms with van der Waals surface area (Å²) in [5.74, 6) is 0.160. The van der Waals surface area contributed by atoms with Gasteiger partial charge in [-0.3, -0.25) is 4.79 Å². The zero-order chi connectivity index (χ0) is 21.5. The summed E-state index contributed by atoms with van der Waals surface area (Å²) in [6.07, 6.45) is 0. The number of aromatic nitrogens is 2. The first-order valence-electron chi connectivity index (χ1n) is 8.86. The van der Waals surface area contributed by atoms with Crippen LogP contribution in [0.1, 0.15) is 21.6 Å². The second-order valence-electron chi connectivity index (χ2n) is 6.21. The molecule has 3 rings (SSSR count). The highest BCUT2D eigenvalue weighted by Gasteiger charge is 2.15. The van der Waals surface area contributed by atoms with Gasteiger partial charge in [0.15, 0.2) is 0 Å². The number of anilines is 1. The zero-order valence-corrected chi connectivity index (χ0v) is 19.0. The summed E-state index contributed by atoms with van der Waals surface area (Å²) in [4.78, 5) is 11.9. The van der Waals surface area contributed by atoms with Crippen molar-refractivity contribution in [1.29, 1.82) is 0 Å². The van der Waals surface area contributed by atoms with Crippen LogP contribution in [0.15, 0.2) is 41.0 Å². The number of benzene rings is 2. The Kier molecular flexibility index (Phi) is 9.67. The molecule has 0 fully saturated rings. The second kappa shape index (κ2) is 12.0. The normalized spacial score (nSPS) is 10.4. The van der Waals surface area contributed by atoms with Crippen LogP contribution in [0, 0.1) is 0 Å². The second-order valence-corrected chi connectivity index (χ2v) is 7.49. The van der Waals surface area contributed by atoms with E-state index in [0.29, 0.717) is 40.5 Å². The summed E-state index contributed by atoms with van der Waals surface area (Å²) in [6.45, 7) is 1.61. The van der Waals surface area contributed by atoms with Crippen molar-refractivity contribution in [1.82, 2.24) is 20.9 Å². The molecule has 0 bridgehead atoms. The quantitative estimate of drug-likeness (QED) is 0.367. The van der Waals surface area contributed by atoms with Crippen molar-refractivity contribution in [3.63, 3.8) is 0 Å². The Bertz CT molecular complexity index is 1030. The molecule has 31 heavy (non-hydrogen) atoms. The van der Waals surface area contributed by atoms with Gasteiger partial charge in [0.2, 0.25) is 11.5 Å². The van der Waals surface area contributed by atoms with Crippen LogP contribution in [0.25, 0.3) is 0 Å². The minimum atomic E-state index is -0.456. The maximum absolute atomic E-state index is 11.9. The Morgan fingerprint density at radius 1 is 1.03 bits per heavy atom. The van der Waals surface area contributed by atoms with E-state index in [2.05, 4.69) is 25.6 Å². The molecule has 8 nitrogen and oxygen atoms in total. The summed E-state index contributed by atoms with van der Waals surface area (Å²) < 4.78 is 10.3. The monoisotopic (exact) mass is 504 g/mol. The lowest BCUT2D eigenvalue weighted by Crippen LogP contribution is -3.00. The van der Waals surface area contributed by atoms with Gasteiger partial charge in [-0.05, 0) is 40.6 Å². The molecule has 2 aromatic carbocycles. The molecule has 12 heteroatoms. The Labute approximate surface area is 199 Å². The summed E-state index contributed by atoms with van der Waals surface area (Å²) in [5.41, 5.74) is 7.12. The van der Waals surface area contributed by atoms with Gasteiger partial charge < -0.3 is 33.5 Å². The lowest BCUT2D eigenvalue weighted by molar-refractivity contribution is -0.0000150. The van der Waals surface area contributed by atoms with Gasteiger partial charge in [-0.25, -0.2) is 4.63 Å². The van der Waals surface area contributed by atoms with E-state index in [9.17, 15) is 4.79 Å². The molecule has 0 saturated heterocycles. The Balaban J connectivity index is 0.00000341. The maximum Gasteiger partial charge on any atom is 0.277 e. The van der Waals surface area contributed by atoms with Crippen LogP contribution in [-0.2, 0) is 13.2 Å². The van der Waals surface area contributed by atoms with Crippen molar-refractivity contribution >= 4 is 46.5 Å². The smallest absolute Gasteiger partial charge is 0.277 e. The molecule has 0 aliphatic carbocycles. The summed E-state index contributed by atoms with van der Waals surface area (Å²) >= 11 is 18.2. The van der Waals surface area contributed by atoms with Gasteiger partial charge in [0, 0.05) is 45.8 Å². The molecule has 0 saturated carbocycles. The SMILES string of the molecule is Nc1nonc1C(=O)NCCNCc1cc(Cl)ccc1OCc1ccc(Cl)cc1Cl.[Cl-]. The number of amides is 1. The summed E-state index contributed by atoms with van der Waals surface area (Å²) in [6, 6.07) is 10.6. The van der Waals surface area contributed by atoms with E-state index in [1.165, 1.54) is 0 Å². The van der Waals surface area contributed by atoms with Crippen molar-refractivity contribution in [3.05, 3.63) is 68.3 Å². The van der Waals surface area contributed by atoms with Crippen LogP contribution in [-0.4, -0.2) is 29.3 Å². The third kappa shape index (κ3) is 7.15. The molecule has 166 valence electrons. The maximum atomic E-state index is 11.9. The van der Waals surface area contributed by atoms with Crippen LogP contribution in [0.3, 0.4) is 0 Å². The highest BCUT2D eigenvalue weighted by Crippen LogP contribution is 2.26. The molecule has 1 aromatic heterocycles. The highest BCUT2D eigenvalue weighted by atomic mass is 35.5. The Hall–Kier alpha value is -2.23. The van der Waals surface area contributed by atoms with Gasteiger partial charge in [0.1, 0.15) is 12.4 Å². The Morgan fingerprint density at radius 2 is 1.77 bits per heavy atom. The highest BCUT2D eigenvalue weighted by molar-refractivity contribution is 6.35. The molecule has 0 atom stereocenters. The first kappa shape index (κ1) is 25.0. The van der Waals surface area contributed by atoms with E-state index in [4.69, 9.17) is 45.3 Å². The molecule has 1 heterocycles. The third-order valence-corrected chi connectivity index (χ3v) is 4.87. The molecule has 0 spiro atoms. The summed E-state index contributed by atoms with van der Waals surface area (Å²) in [5, 5.41) is 14.4. The van der Waals surface area contributed by atoms with Crippen LogP contribution < -0.4 is 33.5 Å². The van der Waals surface area contributed by atoms with E-state index in [-0.39, 0.29) is 30.5 Å². The molecule has 1 amide bonds. The molecular weight excluding hydrogens is 488 g/mol. The van der Waals surface area contributed by atoms with Crippen molar-refractivity contribution in [2.24, 2.45) is 0 Å². The van der Waals surface area contributed by atoms with Crippen molar-refractivity contribution in [3.8, 4) is 5.75 Å². The number of nitrogens with zero attached hydrogens (tertiary/aromatic N) is 2. The molecule has 0 unspecified atom stereocenters. The van der Waals surface area contributed by atoms with Crippen LogP contribution in [0.2, 0.25) is 15.1 Å². The standard InChI is InChI=1S/C19H18Cl3N5O3.ClH/c20-13-3-4-16(29-10-11-1-2-14(21)8-15(11)22)12(7-13)9-24-5-6-25-19(28)17-18(23)27-30-26-17;/h1-4,7-8,24H,5-6,9-10H2,(H2,23,27)(H,25,28);1H/p-1. The number of nitrogen functional groups attached to an aromatic ring is 1. The van der Waals surface area contributed by atoms with Gasteiger partial charge >= 0.3 is 0 Å². The lowest BCUT2D eigenvalue weighted by atomic mass is 10.2. The number of nitrogens with two attached hydrogens (primary N) is 1. The van der Waals surface area contributed by atoms with Crippen LogP contribution >= 0.6 is 34.8 Å². The topological polar surface area (TPSA) is 115 Å². The van der Waals surface area contributed by atoms with Crippen LogP contribution in [0.4, 0.5) is 5.82 Å². The number of rotatable bonds is 9. The number of ether oxygens (including phenoxy) is 1. The predicted molar refractivity (Wildman–Crippen MR) is 115 cm³/mol. The first-order valence-corrected chi connectivity index (χ1v) is 9.99. The van der Waals surface area contributed by atoms with Gasteiger partial charge in [-0.15, -0.1) is 0 Å². The number of halogens is 4.